The predicted molar refractivity (Wildman–Crippen MR) is 79.9 cm³/mol. The van der Waals surface area contributed by atoms with Crippen LogP contribution >= 0.6 is 0 Å². The number of rotatable bonds is 4. The maximum atomic E-state index is 12.3. The van der Waals surface area contributed by atoms with Gasteiger partial charge in [-0.3, -0.25) is 4.98 Å². The van der Waals surface area contributed by atoms with Gasteiger partial charge in [-0.25, -0.2) is 13.1 Å². The molecule has 2 unspecified atom stereocenters. The summed E-state index contributed by atoms with van der Waals surface area (Å²) >= 11 is 0. The van der Waals surface area contributed by atoms with Crippen molar-refractivity contribution in [2.24, 2.45) is 11.8 Å². The molecule has 1 heterocycles. The van der Waals surface area contributed by atoms with Crippen LogP contribution in [0.5, 0.6) is 0 Å². The van der Waals surface area contributed by atoms with Crippen LogP contribution in [-0.4, -0.2) is 31.7 Å². The van der Waals surface area contributed by atoms with Crippen molar-refractivity contribution in [3.8, 4) is 11.8 Å². The van der Waals surface area contributed by atoms with E-state index in [1.807, 2.05) is 0 Å². The zero-order valence-corrected chi connectivity index (χ0v) is 12.9. The average Bonchev–Trinajstić information content (AvgIpc) is 2.89. The maximum absolute atomic E-state index is 12.3. The summed E-state index contributed by atoms with van der Waals surface area (Å²) in [7, 11) is -3.56. The quantitative estimate of drug-likeness (QED) is 0.818. The molecule has 5 nitrogen and oxygen atoms in total. The topological polar surface area (TPSA) is 79.3 Å². The van der Waals surface area contributed by atoms with Crippen LogP contribution in [0.2, 0.25) is 0 Å². The van der Waals surface area contributed by atoms with E-state index >= 15 is 0 Å². The number of hydrogen-bond donors (Lipinski definition) is 2. The Morgan fingerprint density at radius 3 is 2.90 bits per heavy atom. The second-order valence-electron chi connectivity index (χ2n) is 5.39. The van der Waals surface area contributed by atoms with Crippen molar-refractivity contribution >= 4 is 10.0 Å². The summed E-state index contributed by atoms with van der Waals surface area (Å²) in [5, 5.41) is 8.66. The van der Waals surface area contributed by atoms with E-state index in [1.165, 1.54) is 31.3 Å². The fraction of sp³-hybridized carbons (Fsp3) is 0.533. The standard InChI is InChI=1S/C15H20N2O3S/c1-12-4-2-6-14(12)10-17-21(19,20)15-8-13(5-3-7-18)9-16-11-15/h8-9,11-12,14,17-18H,2,4,6-7,10H2,1H3. The number of pyridine rings is 1. The van der Waals surface area contributed by atoms with Crippen LogP contribution in [0.4, 0.5) is 0 Å². The third-order valence-corrected chi connectivity index (χ3v) is 5.30. The normalized spacial score (nSPS) is 21.8. The van der Waals surface area contributed by atoms with Gasteiger partial charge in [0, 0.05) is 24.5 Å². The van der Waals surface area contributed by atoms with E-state index in [0.717, 1.165) is 6.42 Å². The average molecular weight is 308 g/mol. The van der Waals surface area contributed by atoms with Crippen molar-refractivity contribution in [2.45, 2.75) is 31.1 Å². The fourth-order valence-electron chi connectivity index (χ4n) is 2.60. The van der Waals surface area contributed by atoms with E-state index < -0.39 is 10.0 Å². The number of aromatic nitrogens is 1. The van der Waals surface area contributed by atoms with Gasteiger partial charge in [0.1, 0.15) is 11.5 Å². The molecule has 0 aliphatic heterocycles. The minimum Gasteiger partial charge on any atom is -0.384 e. The highest BCUT2D eigenvalue weighted by molar-refractivity contribution is 7.89. The molecule has 0 spiro atoms. The molecule has 1 saturated carbocycles. The van der Waals surface area contributed by atoms with Gasteiger partial charge in [0.15, 0.2) is 0 Å². The molecule has 2 rings (SSSR count). The lowest BCUT2D eigenvalue weighted by Gasteiger charge is -2.16. The zero-order chi connectivity index (χ0) is 15.3. The van der Waals surface area contributed by atoms with E-state index in [0.29, 0.717) is 23.9 Å². The predicted octanol–water partition coefficient (Wildman–Crippen LogP) is 1.14. The summed E-state index contributed by atoms with van der Waals surface area (Å²) in [6, 6.07) is 1.47. The number of aliphatic hydroxyl groups is 1. The lowest BCUT2D eigenvalue weighted by molar-refractivity contribution is 0.350. The van der Waals surface area contributed by atoms with E-state index in [-0.39, 0.29) is 11.5 Å². The molecule has 0 radical (unpaired) electrons. The van der Waals surface area contributed by atoms with Crippen LogP contribution in [0.3, 0.4) is 0 Å². The van der Waals surface area contributed by atoms with Gasteiger partial charge in [0.05, 0.1) is 0 Å². The van der Waals surface area contributed by atoms with Gasteiger partial charge >= 0.3 is 0 Å². The van der Waals surface area contributed by atoms with Crippen LogP contribution in [0, 0.1) is 23.7 Å². The summed E-state index contributed by atoms with van der Waals surface area (Å²) < 4.78 is 27.2. The summed E-state index contributed by atoms with van der Waals surface area (Å²) in [5.41, 5.74) is 0.473. The minimum absolute atomic E-state index is 0.109. The highest BCUT2D eigenvalue weighted by Gasteiger charge is 2.25. The molecule has 114 valence electrons. The third-order valence-electron chi connectivity index (χ3n) is 3.91. The van der Waals surface area contributed by atoms with Gasteiger partial charge in [-0.05, 0) is 24.3 Å². The zero-order valence-electron chi connectivity index (χ0n) is 12.0. The largest absolute Gasteiger partial charge is 0.384 e. The first-order valence-electron chi connectivity index (χ1n) is 7.07. The smallest absolute Gasteiger partial charge is 0.242 e. The molecule has 1 aromatic rings. The lowest BCUT2D eigenvalue weighted by Crippen LogP contribution is -2.30. The van der Waals surface area contributed by atoms with Gasteiger partial charge in [0.2, 0.25) is 10.0 Å². The highest BCUT2D eigenvalue weighted by Crippen LogP contribution is 2.30. The number of sulfonamides is 1. The van der Waals surface area contributed by atoms with Crippen molar-refractivity contribution in [3.63, 3.8) is 0 Å². The van der Waals surface area contributed by atoms with E-state index in [2.05, 4.69) is 28.5 Å². The molecule has 1 aromatic heterocycles. The van der Waals surface area contributed by atoms with Gasteiger partial charge in [0.25, 0.3) is 0 Å². The second kappa shape index (κ2) is 7.03. The number of aliphatic hydroxyl groups excluding tert-OH is 1. The van der Waals surface area contributed by atoms with Gasteiger partial charge < -0.3 is 5.11 Å². The van der Waals surface area contributed by atoms with Crippen molar-refractivity contribution in [1.82, 2.24) is 9.71 Å². The van der Waals surface area contributed by atoms with E-state index in [4.69, 9.17) is 5.11 Å². The Labute approximate surface area is 125 Å². The van der Waals surface area contributed by atoms with Crippen molar-refractivity contribution < 1.29 is 13.5 Å². The molecule has 2 atom stereocenters. The van der Waals surface area contributed by atoms with Gasteiger partial charge in [-0.1, -0.05) is 31.6 Å². The van der Waals surface area contributed by atoms with E-state index in [1.54, 1.807) is 0 Å². The van der Waals surface area contributed by atoms with Crippen LogP contribution in [-0.2, 0) is 10.0 Å². The van der Waals surface area contributed by atoms with Crippen LogP contribution in [0.25, 0.3) is 0 Å². The number of nitrogens with one attached hydrogen (secondary N) is 1. The lowest BCUT2D eigenvalue weighted by atomic mass is 9.99. The summed E-state index contributed by atoms with van der Waals surface area (Å²) in [4.78, 5) is 4.00. The molecule has 1 aliphatic carbocycles. The second-order valence-corrected chi connectivity index (χ2v) is 7.16. The van der Waals surface area contributed by atoms with Crippen molar-refractivity contribution in [2.75, 3.05) is 13.2 Å². The Morgan fingerprint density at radius 1 is 1.43 bits per heavy atom. The Hall–Kier alpha value is -1.42. The fourth-order valence-corrected chi connectivity index (χ4v) is 3.68. The summed E-state index contributed by atoms with van der Waals surface area (Å²) in [6.45, 7) is 2.36. The van der Waals surface area contributed by atoms with E-state index in [9.17, 15) is 8.42 Å². The number of nitrogens with zero attached hydrogens (tertiary/aromatic N) is 1. The number of hydrogen-bond acceptors (Lipinski definition) is 4. The molecule has 0 amide bonds. The minimum atomic E-state index is -3.56. The Morgan fingerprint density at radius 2 is 2.24 bits per heavy atom. The first-order valence-corrected chi connectivity index (χ1v) is 8.55. The molecular formula is C15H20N2O3S. The monoisotopic (exact) mass is 308 g/mol. The van der Waals surface area contributed by atoms with Crippen molar-refractivity contribution in [3.05, 3.63) is 24.0 Å². The first kappa shape index (κ1) is 16.0. The molecule has 6 heteroatoms. The molecule has 2 N–H and O–H groups in total. The van der Waals surface area contributed by atoms with Gasteiger partial charge in [-0.2, -0.15) is 0 Å². The third kappa shape index (κ3) is 4.27. The van der Waals surface area contributed by atoms with Crippen LogP contribution in [0.1, 0.15) is 31.7 Å². The Balaban J connectivity index is 2.08. The Kier molecular flexibility index (Phi) is 5.34. The van der Waals surface area contributed by atoms with Gasteiger partial charge in [-0.15, -0.1) is 0 Å². The van der Waals surface area contributed by atoms with Crippen LogP contribution in [0.15, 0.2) is 23.4 Å². The molecule has 1 aliphatic rings. The molecular weight excluding hydrogens is 288 g/mol. The Bertz CT molecular complexity index is 646. The SMILES string of the molecule is CC1CCCC1CNS(=O)(=O)c1cncc(C#CCO)c1. The highest BCUT2D eigenvalue weighted by atomic mass is 32.2. The molecule has 21 heavy (non-hydrogen) atoms. The molecule has 1 fully saturated rings. The van der Waals surface area contributed by atoms with Crippen LogP contribution < -0.4 is 4.72 Å². The molecule has 0 saturated heterocycles. The summed E-state index contributed by atoms with van der Waals surface area (Å²) in [6.07, 6.45) is 6.19. The maximum Gasteiger partial charge on any atom is 0.242 e. The van der Waals surface area contributed by atoms with Crippen molar-refractivity contribution in [1.29, 1.82) is 0 Å². The summed E-state index contributed by atoms with van der Waals surface area (Å²) in [5.74, 6) is 6.10. The molecule has 0 bridgehead atoms. The molecule has 0 aromatic carbocycles. The first-order chi connectivity index (χ1) is 10.0.